The first-order chi connectivity index (χ1) is 14.2. The summed E-state index contributed by atoms with van der Waals surface area (Å²) in [6.45, 7) is 2.43. The SMILES string of the molecule is CN(CC1CCCO1)c1nc(Cc2ccc3c(c2)OCO3)nc2c1CCNC2=O. The van der Waals surface area contributed by atoms with Gasteiger partial charge in [-0.3, -0.25) is 4.79 Å². The van der Waals surface area contributed by atoms with Crippen molar-refractivity contribution in [2.45, 2.75) is 31.8 Å². The van der Waals surface area contributed by atoms with E-state index < -0.39 is 0 Å². The summed E-state index contributed by atoms with van der Waals surface area (Å²) in [4.78, 5) is 24.1. The second kappa shape index (κ2) is 7.51. The van der Waals surface area contributed by atoms with Gasteiger partial charge in [0.15, 0.2) is 11.5 Å². The summed E-state index contributed by atoms with van der Waals surface area (Å²) in [5.41, 5.74) is 2.41. The van der Waals surface area contributed by atoms with Crippen LogP contribution in [0.2, 0.25) is 0 Å². The predicted octanol–water partition coefficient (Wildman–Crippen LogP) is 1.70. The van der Waals surface area contributed by atoms with Gasteiger partial charge in [0.05, 0.1) is 6.10 Å². The van der Waals surface area contributed by atoms with Crippen LogP contribution in [0.15, 0.2) is 18.2 Å². The number of anilines is 1. The number of ether oxygens (including phenoxy) is 3. The largest absolute Gasteiger partial charge is 0.454 e. The molecular formula is C21H24N4O4. The molecule has 3 aliphatic heterocycles. The second-order valence-corrected chi connectivity index (χ2v) is 7.68. The molecule has 0 aliphatic carbocycles. The fourth-order valence-corrected chi connectivity index (χ4v) is 4.13. The van der Waals surface area contributed by atoms with Gasteiger partial charge in [-0.05, 0) is 37.0 Å². The van der Waals surface area contributed by atoms with Gasteiger partial charge in [0.2, 0.25) is 6.79 Å². The average molecular weight is 396 g/mol. The fraction of sp³-hybridized carbons (Fsp3) is 0.476. The van der Waals surface area contributed by atoms with Crippen LogP contribution >= 0.6 is 0 Å². The maximum Gasteiger partial charge on any atom is 0.270 e. The van der Waals surface area contributed by atoms with Crippen molar-refractivity contribution in [1.29, 1.82) is 0 Å². The minimum atomic E-state index is -0.132. The third-order valence-corrected chi connectivity index (χ3v) is 5.57. The molecule has 0 bridgehead atoms. The van der Waals surface area contributed by atoms with Gasteiger partial charge in [0.25, 0.3) is 5.91 Å². The summed E-state index contributed by atoms with van der Waals surface area (Å²) in [6.07, 6.45) is 3.61. The van der Waals surface area contributed by atoms with Gasteiger partial charge in [-0.25, -0.2) is 9.97 Å². The molecule has 0 radical (unpaired) electrons. The normalized spacial score (nSPS) is 19.8. The zero-order valence-corrected chi connectivity index (χ0v) is 16.4. The second-order valence-electron chi connectivity index (χ2n) is 7.68. The molecule has 1 unspecified atom stereocenters. The lowest BCUT2D eigenvalue weighted by Gasteiger charge is -2.27. The molecule has 1 aromatic carbocycles. The number of amides is 1. The first-order valence-electron chi connectivity index (χ1n) is 10.1. The van der Waals surface area contributed by atoms with Crippen LogP contribution < -0.4 is 19.7 Å². The highest BCUT2D eigenvalue weighted by molar-refractivity contribution is 5.96. The van der Waals surface area contributed by atoms with Crippen molar-refractivity contribution in [2.75, 3.05) is 38.4 Å². The van der Waals surface area contributed by atoms with Crippen LogP contribution in [0.1, 0.15) is 40.3 Å². The molecule has 4 heterocycles. The number of likely N-dealkylation sites (N-methyl/N-ethyl adjacent to an activating group) is 1. The van der Waals surface area contributed by atoms with Crippen LogP contribution in [0.25, 0.3) is 0 Å². The summed E-state index contributed by atoms with van der Waals surface area (Å²) in [5, 5.41) is 2.89. The summed E-state index contributed by atoms with van der Waals surface area (Å²) < 4.78 is 16.6. The van der Waals surface area contributed by atoms with Crippen molar-refractivity contribution in [2.24, 2.45) is 0 Å². The molecular weight excluding hydrogens is 372 g/mol. The number of rotatable bonds is 5. The highest BCUT2D eigenvalue weighted by atomic mass is 16.7. The molecule has 1 fully saturated rings. The summed E-state index contributed by atoms with van der Waals surface area (Å²) in [6, 6.07) is 5.82. The first-order valence-corrected chi connectivity index (χ1v) is 10.1. The van der Waals surface area contributed by atoms with Crippen molar-refractivity contribution < 1.29 is 19.0 Å². The Morgan fingerprint density at radius 1 is 1.24 bits per heavy atom. The summed E-state index contributed by atoms with van der Waals surface area (Å²) >= 11 is 0. The van der Waals surface area contributed by atoms with E-state index in [1.807, 2.05) is 25.2 Å². The summed E-state index contributed by atoms with van der Waals surface area (Å²) in [7, 11) is 2.02. The van der Waals surface area contributed by atoms with E-state index in [4.69, 9.17) is 19.2 Å². The van der Waals surface area contributed by atoms with Crippen molar-refractivity contribution >= 4 is 11.7 Å². The standard InChI is InChI=1S/C21H24N4O4/c1-25(11-14-3-2-8-27-14)20-15-6-7-22-21(26)19(15)23-18(24-20)10-13-4-5-16-17(9-13)29-12-28-16/h4-5,9,14H,2-3,6-8,10-12H2,1H3,(H,22,26). The van der Waals surface area contributed by atoms with E-state index in [2.05, 4.69) is 15.2 Å². The highest BCUT2D eigenvalue weighted by Gasteiger charge is 2.27. The molecule has 0 spiro atoms. The molecule has 152 valence electrons. The molecule has 5 rings (SSSR count). The van der Waals surface area contributed by atoms with E-state index in [0.29, 0.717) is 24.5 Å². The van der Waals surface area contributed by atoms with Gasteiger partial charge in [-0.15, -0.1) is 0 Å². The Balaban J connectivity index is 1.47. The van der Waals surface area contributed by atoms with Crippen LogP contribution in [0.4, 0.5) is 5.82 Å². The molecule has 0 saturated carbocycles. The molecule has 1 aromatic heterocycles. The molecule has 8 heteroatoms. The van der Waals surface area contributed by atoms with Crippen molar-refractivity contribution in [3.63, 3.8) is 0 Å². The monoisotopic (exact) mass is 396 g/mol. The van der Waals surface area contributed by atoms with E-state index in [-0.39, 0.29) is 18.8 Å². The van der Waals surface area contributed by atoms with E-state index >= 15 is 0 Å². The van der Waals surface area contributed by atoms with Crippen molar-refractivity contribution in [3.05, 3.63) is 40.8 Å². The van der Waals surface area contributed by atoms with Crippen LogP contribution in [-0.2, 0) is 17.6 Å². The number of hydrogen-bond acceptors (Lipinski definition) is 7. The number of carbonyl (C=O) groups excluding carboxylic acids is 1. The highest BCUT2D eigenvalue weighted by Crippen LogP contribution is 2.33. The first kappa shape index (κ1) is 18.2. The minimum Gasteiger partial charge on any atom is -0.454 e. The van der Waals surface area contributed by atoms with Crippen LogP contribution in [0.3, 0.4) is 0 Å². The van der Waals surface area contributed by atoms with Gasteiger partial charge in [0.1, 0.15) is 17.3 Å². The molecule has 1 atom stereocenters. The van der Waals surface area contributed by atoms with E-state index in [9.17, 15) is 4.79 Å². The number of nitrogens with one attached hydrogen (secondary N) is 1. The Morgan fingerprint density at radius 2 is 2.14 bits per heavy atom. The van der Waals surface area contributed by atoms with Gasteiger partial charge in [-0.2, -0.15) is 0 Å². The van der Waals surface area contributed by atoms with Crippen LogP contribution in [0.5, 0.6) is 11.5 Å². The number of aromatic nitrogens is 2. The van der Waals surface area contributed by atoms with E-state index in [0.717, 1.165) is 60.9 Å². The molecule has 1 saturated heterocycles. The third-order valence-electron chi connectivity index (χ3n) is 5.57. The van der Waals surface area contributed by atoms with Crippen molar-refractivity contribution in [1.82, 2.24) is 15.3 Å². The Bertz CT molecular complexity index is 943. The van der Waals surface area contributed by atoms with Crippen molar-refractivity contribution in [3.8, 4) is 11.5 Å². The minimum absolute atomic E-state index is 0.132. The molecule has 29 heavy (non-hydrogen) atoms. The Labute approximate surface area is 169 Å². The average Bonchev–Trinajstić information content (AvgIpc) is 3.39. The lowest BCUT2D eigenvalue weighted by Crippen LogP contribution is -2.37. The molecule has 2 aromatic rings. The maximum absolute atomic E-state index is 12.5. The Hall–Kier alpha value is -2.87. The predicted molar refractivity (Wildman–Crippen MR) is 106 cm³/mol. The topological polar surface area (TPSA) is 85.8 Å². The van der Waals surface area contributed by atoms with E-state index in [1.165, 1.54) is 0 Å². The summed E-state index contributed by atoms with van der Waals surface area (Å²) in [5.74, 6) is 2.79. The van der Waals surface area contributed by atoms with Gasteiger partial charge in [0, 0.05) is 38.7 Å². The fourth-order valence-electron chi connectivity index (χ4n) is 4.13. The lowest BCUT2D eigenvalue weighted by atomic mass is 10.0. The number of carbonyl (C=O) groups is 1. The smallest absolute Gasteiger partial charge is 0.270 e. The number of benzene rings is 1. The van der Waals surface area contributed by atoms with Crippen LogP contribution in [-0.4, -0.2) is 55.5 Å². The van der Waals surface area contributed by atoms with Gasteiger partial charge < -0.3 is 24.4 Å². The third kappa shape index (κ3) is 3.60. The van der Waals surface area contributed by atoms with Crippen LogP contribution in [0, 0.1) is 0 Å². The Morgan fingerprint density at radius 3 is 3.00 bits per heavy atom. The number of hydrogen-bond donors (Lipinski definition) is 1. The number of fused-ring (bicyclic) bond motifs is 2. The Kier molecular flexibility index (Phi) is 4.71. The van der Waals surface area contributed by atoms with Gasteiger partial charge >= 0.3 is 0 Å². The maximum atomic E-state index is 12.5. The van der Waals surface area contributed by atoms with Gasteiger partial charge in [-0.1, -0.05) is 6.07 Å². The molecule has 8 nitrogen and oxygen atoms in total. The zero-order chi connectivity index (χ0) is 19.8. The molecule has 1 amide bonds. The quantitative estimate of drug-likeness (QED) is 0.823. The van der Waals surface area contributed by atoms with E-state index in [1.54, 1.807) is 0 Å². The zero-order valence-electron chi connectivity index (χ0n) is 16.4. The lowest BCUT2D eigenvalue weighted by molar-refractivity contribution is 0.0940. The molecule has 1 N–H and O–H groups in total. The number of nitrogens with zero attached hydrogens (tertiary/aromatic N) is 3. The molecule has 3 aliphatic rings.